The molecule has 0 N–H and O–H groups in total. The number of aliphatic imine (C=N–C) groups is 1. The lowest BCUT2D eigenvalue weighted by Crippen LogP contribution is -2.35. The minimum absolute atomic E-state index is 0.342. The van der Waals surface area contributed by atoms with E-state index in [2.05, 4.69) is 4.99 Å². The normalized spacial score (nSPS) is 12.2. The van der Waals surface area contributed by atoms with Crippen molar-refractivity contribution in [3.63, 3.8) is 0 Å². The Morgan fingerprint density at radius 2 is 1.95 bits per heavy atom. The third kappa shape index (κ3) is 3.64. The van der Waals surface area contributed by atoms with Gasteiger partial charge in [-0.2, -0.15) is 0 Å². The van der Waals surface area contributed by atoms with Crippen molar-refractivity contribution < 1.29 is 14.3 Å². The highest BCUT2D eigenvalue weighted by Gasteiger charge is 2.36. The quantitative estimate of drug-likeness (QED) is 0.632. The van der Waals surface area contributed by atoms with E-state index < -0.39 is 11.4 Å². The molecule has 1 aromatic carbocycles. The summed E-state index contributed by atoms with van der Waals surface area (Å²) in [5.41, 5.74) is -0.0714. The van der Waals surface area contributed by atoms with Crippen LogP contribution in [0.25, 0.3) is 0 Å². The zero-order valence-electron chi connectivity index (χ0n) is 11.4. The maximum absolute atomic E-state index is 11.9. The number of carbonyl (C=O) groups excluding carboxylic acids is 2. The number of amides is 1. The van der Waals surface area contributed by atoms with Crippen LogP contribution in [-0.4, -0.2) is 24.7 Å². The van der Waals surface area contributed by atoms with Crippen molar-refractivity contribution in [1.82, 2.24) is 0 Å². The largest absolute Gasteiger partial charge is 0.468 e. The van der Waals surface area contributed by atoms with Gasteiger partial charge in [0.1, 0.15) is 5.41 Å². The van der Waals surface area contributed by atoms with Crippen LogP contribution >= 0.6 is 11.6 Å². The first-order chi connectivity index (χ1) is 8.78. The molecule has 4 nitrogen and oxygen atoms in total. The Balaban J connectivity index is 3.40. The van der Waals surface area contributed by atoms with Gasteiger partial charge in [-0.05, 0) is 31.5 Å². The predicted molar refractivity (Wildman–Crippen MR) is 74.5 cm³/mol. The SMILES string of the molecule is COC(=O)C(C)(C)/C(=N/C(C)=O)c1cccc(Cl)c1. The van der Waals surface area contributed by atoms with Gasteiger partial charge in [0, 0.05) is 11.9 Å². The molecule has 102 valence electrons. The number of carbonyl (C=O) groups is 2. The van der Waals surface area contributed by atoms with Crippen molar-refractivity contribution in [2.75, 3.05) is 7.11 Å². The summed E-state index contributed by atoms with van der Waals surface area (Å²) >= 11 is 5.93. The number of nitrogens with zero attached hydrogens (tertiary/aromatic N) is 1. The second-order valence-electron chi connectivity index (χ2n) is 4.61. The lowest BCUT2D eigenvalue weighted by Gasteiger charge is -2.23. The van der Waals surface area contributed by atoms with Crippen molar-refractivity contribution in [2.45, 2.75) is 20.8 Å². The fourth-order valence-electron chi connectivity index (χ4n) is 1.71. The summed E-state index contributed by atoms with van der Waals surface area (Å²) in [6.45, 7) is 4.64. The number of methoxy groups -OCH3 is 1. The van der Waals surface area contributed by atoms with Crippen molar-refractivity contribution >= 4 is 29.2 Å². The van der Waals surface area contributed by atoms with Gasteiger partial charge in [-0.1, -0.05) is 23.7 Å². The topological polar surface area (TPSA) is 55.7 Å². The molecule has 0 saturated carbocycles. The third-order valence-corrected chi connectivity index (χ3v) is 2.89. The Bertz CT molecular complexity index is 535. The minimum Gasteiger partial charge on any atom is -0.468 e. The van der Waals surface area contributed by atoms with Gasteiger partial charge >= 0.3 is 5.97 Å². The molecule has 0 saturated heterocycles. The van der Waals surface area contributed by atoms with Crippen molar-refractivity contribution in [3.8, 4) is 0 Å². The van der Waals surface area contributed by atoms with Crippen LogP contribution in [0.4, 0.5) is 0 Å². The monoisotopic (exact) mass is 281 g/mol. The number of benzene rings is 1. The Hall–Kier alpha value is -1.68. The van der Waals surface area contributed by atoms with Crippen LogP contribution in [0.2, 0.25) is 5.02 Å². The molecule has 0 atom stereocenters. The van der Waals surface area contributed by atoms with Crippen LogP contribution in [0.3, 0.4) is 0 Å². The predicted octanol–water partition coefficient (Wildman–Crippen LogP) is 2.87. The molecular weight excluding hydrogens is 266 g/mol. The van der Waals surface area contributed by atoms with E-state index >= 15 is 0 Å². The molecule has 0 radical (unpaired) electrons. The molecular formula is C14H16ClNO3. The summed E-state index contributed by atoms with van der Waals surface area (Å²) in [7, 11) is 1.30. The molecule has 1 amide bonds. The number of halogens is 1. The Morgan fingerprint density at radius 3 is 2.42 bits per heavy atom. The van der Waals surface area contributed by atoms with E-state index in [-0.39, 0.29) is 5.91 Å². The van der Waals surface area contributed by atoms with Crippen LogP contribution in [0.15, 0.2) is 29.3 Å². The number of ether oxygens (including phenoxy) is 1. The molecule has 0 unspecified atom stereocenters. The van der Waals surface area contributed by atoms with E-state index in [1.807, 2.05) is 0 Å². The number of hydrogen-bond acceptors (Lipinski definition) is 3. The Morgan fingerprint density at radius 1 is 1.32 bits per heavy atom. The smallest absolute Gasteiger partial charge is 0.317 e. The van der Waals surface area contributed by atoms with Gasteiger partial charge in [0.25, 0.3) is 0 Å². The Labute approximate surface area is 117 Å². The molecule has 0 aliphatic carbocycles. The zero-order chi connectivity index (χ0) is 14.6. The first-order valence-corrected chi connectivity index (χ1v) is 6.11. The average molecular weight is 282 g/mol. The summed E-state index contributed by atoms with van der Waals surface area (Å²) in [4.78, 5) is 27.1. The fourth-order valence-corrected chi connectivity index (χ4v) is 1.90. The lowest BCUT2D eigenvalue weighted by molar-refractivity contribution is -0.146. The summed E-state index contributed by atoms with van der Waals surface area (Å²) in [5.74, 6) is -0.848. The highest BCUT2D eigenvalue weighted by Crippen LogP contribution is 2.26. The van der Waals surface area contributed by atoms with Crippen LogP contribution < -0.4 is 0 Å². The third-order valence-electron chi connectivity index (χ3n) is 2.66. The molecule has 0 aromatic heterocycles. The van der Waals surface area contributed by atoms with Gasteiger partial charge in [0.2, 0.25) is 5.91 Å². The van der Waals surface area contributed by atoms with Crippen LogP contribution in [0.5, 0.6) is 0 Å². The van der Waals surface area contributed by atoms with Gasteiger partial charge in [-0.25, -0.2) is 4.99 Å². The standard InChI is InChI=1S/C14H16ClNO3/c1-9(17)16-12(14(2,3)13(18)19-4)10-6-5-7-11(15)8-10/h5-8H,1-4H3/b16-12+. The average Bonchev–Trinajstić information content (AvgIpc) is 2.34. The maximum Gasteiger partial charge on any atom is 0.317 e. The summed E-state index contributed by atoms with van der Waals surface area (Å²) in [5, 5.41) is 0.509. The number of hydrogen-bond donors (Lipinski definition) is 0. The molecule has 0 aliphatic rings. The van der Waals surface area contributed by atoms with E-state index in [0.717, 1.165) is 0 Å². The number of esters is 1. The van der Waals surface area contributed by atoms with Gasteiger partial charge in [-0.3, -0.25) is 9.59 Å². The zero-order valence-corrected chi connectivity index (χ0v) is 12.1. The van der Waals surface area contributed by atoms with E-state index in [9.17, 15) is 9.59 Å². The lowest BCUT2D eigenvalue weighted by atomic mass is 9.83. The van der Waals surface area contributed by atoms with Crippen molar-refractivity contribution in [3.05, 3.63) is 34.9 Å². The Kier molecular flexibility index (Phi) is 4.84. The van der Waals surface area contributed by atoms with E-state index in [1.165, 1.54) is 14.0 Å². The highest BCUT2D eigenvalue weighted by atomic mass is 35.5. The molecule has 1 rings (SSSR count). The molecule has 19 heavy (non-hydrogen) atoms. The van der Waals surface area contributed by atoms with Crippen LogP contribution in [0.1, 0.15) is 26.3 Å². The molecule has 0 aliphatic heterocycles. The molecule has 0 spiro atoms. The van der Waals surface area contributed by atoms with Gasteiger partial charge in [0.15, 0.2) is 0 Å². The highest BCUT2D eigenvalue weighted by molar-refractivity contribution is 6.31. The van der Waals surface area contributed by atoms with Crippen molar-refractivity contribution in [2.24, 2.45) is 10.4 Å². The minimum atomic E-state index is -1.04. The molecule has 1 aromatic rings. The number of rotatable bonds is 3. The van der Waals surface area contributed by atoms with Crippen molar-refractivity contribution in [1.29, 1.82) is 0 Å². The van der Waals surface area contributed by atoms with Gasteiger partial charge in [0.05, 0.1) is 12.8 Å². The van der Waals surface area contributed by atoms with E-state index in [1.54, 1.807) is 38.1 Å². The van der Waals surface area contributed by atoms with E-state index in [0.29, 0.717) is 16.3 Å². The van der Waals surface area contributed by atoms with Crippen LogP contribution in [0, 0.1) is 5.41 Å². The van der Waals surface area contributed by atoms with E-state index in [4.69, 9.17) is 16.3 Å². The maximum atomic E-state index is 11.9. The molecule has 5 heteroatoms. The summed E-state index contributed by atoms with van der Waals surface area (Å²) in [6.07, 6.45) is 0. The molecule has 0 fully saturated rings. The van der Waals surface area contributed by atoms with Crippen LogP contribution in [-0.2, 0) is 14.3 Å². The summed E-state index contributed by atoms with van der Waals surface area (Å²) in [6, 6.07) is 6.86. The molecule has 0 heterocycles. The fraction of sp³-hybridized carbons (Fsp3) is 0.357. The van der Waals surface area contributed by atoms with Gasteiger partial charge < -0.3 is 4.74 Å². The van der Waals surface area contributed by atoms with Gasteiger partial charge in [-0.15, -0.1) is 0 Å². The second-order valence-corrected chi connectivity index (χ2v) is 5.04. The molecule has 0 bridgehead atoms. The second kappa shape index (κ2) is 5.97. The first kappa shape index (κ1) is 15.4. The summed E-state index contributed by atoms with van der Waals surface area (Å²) < 4.78 is 4.77. The first-order valence-electron chi connectivity index (χ1n) is 5.73.